The van der Waals surface area contributed by atoms with E-state index in [4.69, 9.17) is 11.6 Å². The van der Waals surface area contributed by atoms with E-state index < -0.39 is 6.04 Å². The van der Waals surface area contributed by atoms with Gasteiger partial charge in [-0.15, -0.1) is 0 Å². The average Bonchev–Trinajstić information content (AvgIpc) is 3.62. The van der Waals surface area contributed by atoms with Crippen LogP contribution in [0.4, 0.5) is 10.5 Å². The fraction of sp³-hybridized carbons (Fsp3) is 0.400. The Balaban J connectivity index is 1.38. The number of hydrogen-bond donors (Lipinski definition) is 3. The standard InChI is InChI=1S/C25H29ClN4O3/c1-16-5-7-18(8-6-16)23(31)29-22(24(32)27-20-9-10-20)17-11-13-30(14-12-17)25(33)28-21-4-2-3-19(26)15-21/h2-8,15,17,20,22H,9-14H2,1H3,(H,27,32)(H,28,33)(H,29,31)/t22-/m1/s1. The van der Waals surface area contributed by atoms with E-state index in [1.54, 1.807) is 41.3 Å². The van der Waals surface area contributed by atoms with Gasteiger partial charge >= 0.3 is 6.03 Å². The number of nitrogens with zero attached hydrogens (tertiary/aromatic N) is 1. The van der Waals surface area contributed by atoms with Crippen LogP contribution in [0, 0.1) is 12.8 Å². The quantitative estimate of drug-likeness (QED) is 0.599. The lowest BCUT2D eigenvalue weighted by Gasteiger charge is -2.35. The number of carbonyl (C=O) groups is 3. The van der Waals surface area contributed by atoms with E-state index >= 15 is 0 Å². The van der Waals surface area contributed by atoms with Crippen LogP contribution in [0.25, 0.3) is 0 Å². The number of urea groups is 1. The van der Waals surface area contributed by atoms with Gasteiger partial charge in [0.25, 0.3) is 5.91 Å². The smallest absolute Gasteiger partial charge is 0.321 e. The number of aryl methyl sites for hydroxylation is 1. The Hall–Kier alpha value is -3.06. The molecule has 1 aliphatic heterocycles. The number of likely N-dealkylation sites (tertiary alicyclic amines) is 1. The van der Waals surface area contributed by atoms with Gasteiger partial charge < -0.3 is 20.9 Å². The summed E-state index contributed by atoms with van der Waals surface area (Å²) in [5.41, 5.74) is 2.24. The molecule has 1 aliphatic carbocycles. The lowest BCUT2D eigenvalue weighted by Crippen LogP contribution is -2.54. The van der Waals surface area contributed by atoms with Crippen LogP contribution in [0.3, 0.4) is 0 Å². The molecule has 4 amide bonds. The lowest BCUT2D eigenvalue weighted by molar-refractivity contribution is -0.124. The van der Waals surface area contributed by atoms with Crippen molar-refractivity contribution >= 4 is 35.1 Å². The molecular formula is C25H29ClN4O3. The normalized spacial score (nSPS) is 17.2. The van der Waals surface area contributed by atoms with Crippen LogP contribution in [0.1, 0.15) is 41.6 Å². The second-order valence-electron chi connectivity index (χ2n) is 8.86. The van der Waals surface area contributed by atoms with Crippen molar-refractivity contribution in [1.82, 2.24) is 15.5 Å². The van der Waals surface area contributed by atoms with E-state index in [1.165, 1.54) is 0 Å². The van der Waals surface area contributed by atoms with Crippen LogP contribution in [0.5, 0.6) is 0 Å². The Morgan fingerprint density at radius 3 is 2.33 bits per heavy atom. The highest BCUT2D eigenvalue weighted by atomic mass is 35.5. The highest BCUT2D eigenvalue weighted by Crippen LogP contribution is 2.25. The van der Waals surface area contributed by atoms with Crippen molar-refractivity contribution in [3.05, 3.63) is 64.7 Å². The van der Waals surface area contributed by atoms with Gasteiger partial charge in [-0.3, -0.25) is 9.59 Å². The molecule has 4 rings (SSSR count). The Morgan fingerprint density at radius 2 is 1.70 bits per heavy atom. The molecule has 1 saturated heterocycles. The van der Waals surface area contributed by atoms with Gasteiger partial charge in [0.2, 0.25) is 5.91 Å². The third kappa shape index (κ3) is 6.26. The van der Waals surface area contributed by atoms with Gasteiger partial charge in [0.05, 0.1) is 0 Å². The maximum atomic E-state index is 13.0. The second kappa shape index (κ2) is 10.3. The minimum atomic E-state index is -0.627. The molecule has 1 saturated carbocycles. The summed E-state index contributed by atoms with van der Waals surface area (Å²) in [7, 11) is 0. The van der Waals surface area contributed by atoms with Crippen LogP contribution in [0.15, 0.2) is 48.5 Å². The SMILES string of the molecule is Cc1ccc(C(=O)N[C@@H](C(=O)NC2CC2)C2CCN(C(=O)Nc3cccc(Cl)c3)CC2)cc1. The van der Waals surface area contributed by atoms with Crippen molar-refractivity contribution in [2.75, 3.05) is 18.4 Å². The Kier molecular flexibility index (Phi) is 7.18. The van der Waals surface area contributed by atoms with Gasteiger partial charge in [0, 0.05) is 35.4 Å². The summed E-state index contributed by atoms with van der Waals surface area (Å²) in [6.45, 7) is 2.97. The van der Waals surface area contributed by atoms with Gasteiger partial charge in [-0.2, -0.15) is 0 Å². The number of benzene rings is 2. The maximum Gasteiger partial charge on any atom is 0.321 e. The first-order valence-electron chi connectivity index (χ1n) is 11.4. The fourth-order valence-corrected chi connectivity index (χ4v) is 4.24. The number of halogens is 1. The topological polar surface area (TPSA) is 90.5 Å². The Bertz CT molecular complexity index is 1010. The summed E-state index contributed by atoms with van der Waals surface area (Å²) in [5, 5.41) is 9.41. The van der Waals surface area contributed by atoms with E-state index in [9.17, 15) is 14.4 Å². The lowest BCUT2D eigenvalue weighted by atomic mass is 9.88. The van der Waals surface area contributed by atoms with Crippen LogP contribution in [0.2, 0.25) is 5.02 Å². The highest BCUT2D eigenvalue weighted by Gasteiger charge is 2.36. The first-order valence-corrected chi connectivity index (χ1v) is 11.8. The molecule has 0 spiro atoms. The molecule has 2 aromatic rings. The number of carbonyl (C=O) groups excluding carboxylic acids is 3. The summed E-state index contributed by atoms with van der Waals surface area (Å²) >= 11 is 5.99. The predicted molar refractivity (Wildman–Crippen MR) is 128 cm³/mol. The Labute approximate surface area is 198 Å². The van der Waals surface area contributed by atoms with Crippen molar-refractivity contribution in [3.63, 3.8) is 0 Å². The molecule has 3 N–H and O–H groups in total. The number of piperidine rings is 1. The maximum absolute atomic E-state index is 13.0. The highest BCUT2D eigenvalue weighted by molar-refractivity contribution is 6.30. The van der Waals surface area contributed by atoms with Gasteiger partial charge in [0.15, 0.2) is 0 Å². The predicted octanol–water partition coefficient (Wildman–Crippen LogP) is 3.97. The first-order chi connectivity index (χ1) is 15.9. The summed E-state index contributed by atoms with van der Waals surface area (Å²) < 4.78 is 0. The van der Waals surface area contributed by atoms with E-state index in [-0.39, 0.29) is 29.8 Å². The minimum absolute atomic E-state index is 0.0478. The molecule has 2 aliphatic rings. The Morgan fingerprint density at radius 1 is 1.00 bits per heavy atom. The average molecular weight is 469 g/mol. The van der Waals surface area contributed by atoms with Gasteiger partial charge in [-0.1, -0.05) is 35.4 Å². The van der Waals surface area contributed by atoms with Crippen LogP contribution < -0.4 is 16.0 Å². The summed E-state index contributed by atoms with van der Waals surface area (Å²) in [4.78, 5) is 40.2. The molecule has 0 radical (unpaired) electrons. The summed E-state index contributed by atoms with van der Waals surface area (Å²) in [6, 6.07) is 13.7. The first kappa shape index (κ1) is 23.1. The second-order valence-corrected chi connectivity index (χ2v) is 9.30. The molecule has 0 bridgehead atoms. The molecule has 2 aromatic carbocycles. The zero-order chi connectivity index (χ0) is 23.4. The summed E-state index contributed by atoms with van der Waals surface area (Å²) in [5.74, 6) is -0.444. The molecule has 2 fully saturated rings. The van der Waals surface area contributed by atoms with Gasteiger partial charge in [-0.25, -0.2) is 4.79 Å². The molecule has 33 heavy (non-hydrogen) atoms. The van der Waals surface area contributed by atoms with Crippen molar-refractivity contribution in [2.45, 2.75) is 44.7 Å². The molecule has 8 heteroatoms. The zero-order valence-electron chi connectivity index (χ0n) is 18.6. The van der Waals surface area contributed by atoms with E-state index in [2.05, 4.69) is 16.0 Å². The van der Waals surface area contributed by atoms with Crippen molar-refractivity contribution in [2.24, 2.45) is 5.92 Å². The number of amides is 4. The molecule has 0 aromatic heterocycles. The van der Waals surface area contributed by atoms with Crippen molar-refractivity contribution < 1.29 is 14.4 Å². The number of nitrogens with one attached hydrogen (secondary N) is 3. The van der Waals surface area contributed by atoms with E-state index in [0.717, 1.165) is 18.4 Å². The van der Waals surface area contributed by atoms with Crippen molar-refractivity contribution in [3.8, 4) is 0 Å². The number of anilines is 1. The van der Waals surface area contributed by atoms with Crippen LogP contribution in [-0.4, -0.2) is 47.9 Å². The minimum Gasteiger partial charge on any atom is -0.352 e. The molecule has 174 valence electrons. The van der Waals surface area contributed by atoms with Gasteiger partial charge in [-0.05, 0) is 68.9 Å². The van der Waals surface area contributed by atoms with E-state index in [1.807, 2.05) is 19.1 Å². The zero-order valence-corrected chi connectivity index (χ0v) is 19.4. The van der Waals surface area contributed by atoms with Crippen molar-refractivity contribution in [1.29, 1.82) is 0 Å². The molecule has 1 heterocycles. The molecule has 7 nitrogen and oxygen atoms in total. The molecular weight excluding hydrogens is 440 g/mol. The number of rotatable bonds is 6. The number of hydrogen-bond acceptors (Lipinski definition) is 3. The molecule has 1 atom stereocenters. The largest absolute Gasteiger partial charge is 0.352 e. The fourth-order valence-electron chi connectivity index (χ4n) is 4.05. The van der Waals surface area contributed by atoms with Crippen LogP contribution in [-0.2, 0) is 4.79 Å². The van der Waals surface area contributed by atoms with Gasteiger partial charge in [0.1, 0.15) is 6.04 Å². The third-order valence-electron chi connectivity index (χ3n) is 6.18. The molecule has 0 unspecified atom stereocenters. The monoisotopic (exact) mass is 468 g/mol. The van der Waals surface area contributed by atoms with E-state index in [0.29, 0.717) is 42.2 Å². The van der Waals surface area contributed by atoms with Crippen LogP contribution >= 0.6 is 11.6 Å². The summed E-state index contributed by atoms with van der Waals surface area (Å²) in [6.07, 6.45) is 3.21. The third-order valence-corrected chi connectivity index (χ3v) is 6.42.